The van der Waals surface area contributed by atoms with Crippen molar-refractivity contribution in [2.24, 2.45) is 0 Å². The first-order valence-electron chi connectivity index (χ1n) is 11.1. The monoisotopic (exact) mass is 416 g/mol. The summed E-state index contributed by atoms with van der Waals surface area (Å²) in [7, 11) is 0. The number of fused-ring (bicyclic) bond motifs is 2. The van der Waals surface area contributed by atoms with Crippen molar-refractivity contribution in [3.05, 3.63) is 48.3 Å². The van der Waals surface area contributed by atoms with E-state index in [4.69, 9.17) is 0 Å². The van der Waals surface area contributed by atoms with Gasteiger partial charge < -0.3 is 25.9 Å². The maximum atomic E-state index is 12.4. The van der Waals surface area contributed by atoms with E-state index in [1.807, 2.05) is 18.2 Å². The van der Waals surface area contributed by atoms with Gasteiger partial charge in [-0.25, -0.2) is 4.98 Å². The fourth-order valence-corrected chi connectivity index (χ4v) is 4.20. The third-order valence-electron chi connectivity index (χ3n) is 5.83. The number of nitrogens with one attached hydrogen (secondary N) is 5. The lowest BCUT2D eigenvalue weighted by Gasteiger charge is -2.11. The van der Waals surface area contributed by atoms with Gasteiger partial charge in [-0.3, -0.25) is 4.79 Å². The maximum absolute atomic E-state index is 12.4. The number of carbonyl (C=O) groups excluding carboxylic acids is 1. The van der Waals surface area contributed by atoms with Gasteiger partial charge in [0.1, 0.15) is 5.82 Å². The third-order valence-corrected chi connectivity index (χ3v) is 5.83. The molecule has 0 spiro atoms. The molecule has 2 aromatic carbocycles. The molecule has 0 bridgehead atoms. The van der Waals surface area contributed by atoms with Crippen molar-refractivity contribution >= 4 is 33.5 Å². The van der Waals surface area contributed by atoms with Crippen molar-refractivity contribution in [1.82, 2.24) is 25.6 Å². The summed E-state index contributed by atoms with van der Waals surface area (Å²) in [5, 5.41) is 10.7. The normalized spacial score (nSPS) is 16.4. The molecule has 1 aliphatic heterocycles. The number of H-pyrrole nitrogens is 2. The molecule has 3 heterocycles. The number of anilines is 1. The second-order valence-corrected chi connectivity index (χ2v) is 8.22. The van der Waals surface area contributed by atoms with Crippen molar-refractivity contribution in [3.63, 3.8) is 0 Å². The van der Waals surface area contributed by atoms with Crippen molar-refractivity contribution in [2.45, 2.75) is 38.8 Å². The van der Waals surface area contributed by atoms with E-state index in [0.717, 1.165) is 83.6 Å². The highest BCUT2D eigenvalue weighted by Crippen LogP contribution is 2.28. The summed E-state index contributed by atoms with van der Waals surface area (Å²) in [6.07, 6.45) is 3.05. The van der Waals surface area contributed by atoms with Crippen LogP contribution in [-0.4, -0.2) is 40.0 Å². The summed E-state index contributed by atoms with van der Waals surface area (Å²) in [5.74, 6) is 0.996. The summed E-state index contributed by atoms with van der Waals surface area (Å²) in [6, 6.07) is 14.3. The predicted octanol–water partition coefficient (Wildman–Crippen LogP) is 3.90. The molecule has 1 amide bonds. The number of carbonyl (C=O) groups is 1. The van der Waals surface area contributed by atoms with Gasteiger partial charge in [-0.1, -0.05) is 13.0 Å². The summed E-state index contributed by atoms with van der Waals surface area (Å²) < 4.78 is 0. The van der Waals surface area contributed by atoms with Crippen molar-refractivity contribution in [3.8, 4) is 11.3 Å². The topological polar surface area (TPSA) is 97.6 Å². The number of benzene rings is 2. The van der Waals surface area contributed by atoms with Gasteiger partial charge in [0.15, 0.2) is 0 Å². The third kappa shape index (κ3) is 4.19. The zero-order valence-corrected chi connectivity index (χ0v) is 17.7. The highest BCUT2D eigenvalue weighted by atomic mass is 16.2. The standard InChI is InChI=1S/C24H28N6O/c1-2-9-25-14-23-29-19-7-5-15(12-22(19)30-23)21-13-16-11-17(6-8-18(16)28-21)27-24(31)20-4-3-10-26-20/h5-8,11-13,20,25-26,28H,2-4,9-10,14H2,1H3,(H,27,31)(H,29,30)/t20-/m0/s1. The molecule has 5 N–H and O–H groups in total. The number of hydrogen-bond acceptors (Lipinski definition) is 4. The van der Waals surface area contributed by atoms with E-state index in [1.165, 1.54) is 0 Å². The van der Waals surface area contributed by atoms with Crippen LogP contribution >= 0.6 is 0 Å². The lowest BCUT2D eigenvalue weighted by atomic mass is 10.1. The first-order valence-corrected chi connectivity index (χ1v) is 11.1. The van der Waals surface area contributed by atoms with Gasteiger partial charge in [0.2, 0.25) is 5.91 Å². The minimum Gasteiger partial charge on any atom is -0.355 e. The maximum Gasteiger partial charge on any atom is 0.241 e. The van der Waals surface area contributed by atoms with Gasteiger partial charge in [0.05, 0.1) is 23.6 Å². The average molecular weight is 417 g/mol. The largest absolute Gasteiger partial charge is 0.355 e. The Morgan fingerprint density at radius 1 is 1.13 bits per heavy atom. The highest BCUT2D eigenvalue weighted by Gasteiger charge is 2.22. The summed E-state index contributed by atoms with van der Waals surface area (Å²) in [4.78, 5) is 24.0. The van der Waals surface area contributed by atoms with E-state index >= 15 is 0 Å². The van der Waals surface area contributed by atoms with E-state index in [0.29, 0.717) is 0 Å². The molecule has 160 valence electrons. The van der Waals surface area contributed by atoms with E-state index in [9.17, 15) is 4.79 Å². The van der Waals surface area contributed by atoms with Crippen LogP contribution in [0.1, 0.15) is 32.0 Å². The molecule has 0 unspecified atom stereocenters. The zero-order valence-electron chi connectivity index (χ0n) is 17.7. The molecule has 7 nitrogen and oxygen atoms in total. The fraction of sp³-hybridized carbons (Fsp3) is 0.333. The SMILES string of the molecule is CCCNCc1nc2ccc(-c3cc4cc(NC(=O)[C@@H]5CCCN5)ccc4[nH]3)cc2[nH]1. The van der Waals surface area contributed by atoms with Gasteiger partial charge in [-0.05, 0) is 68.8 Å². The Hall–Kier alpha value is -3.16. The smallest absolute Gasteiger partial charge is 0.241 e. The molecule has 31 heavy (non-hydrogen) atoms. The number of rotatable bonds is 7. The molecule has 5 rings (SSSR count). The lowest BCUT2D eigenvalue weighted by Crippen LogP contribution is -2.35. The average Bonchev–Trinajstić information content (AvgIpc) is 3.51. The molecule has 0 saturated carbocycles. The number of hydrogen-bond donors (Lipinski definition) is 5. The minimum absolute atomic E-state index is 0.0431. The van der Waals surface area contributed by atoms with Gasteiger partial charge >= 0.3 is 0 Å². The number of imidazole rings is 1. The summed E-state index contributed by atoms with van der Waals surface area (Å²) in [6.45, 7) is 4.80. The Kier molecular flexibility index (Phi) is 5.44. The van der Waals surface area contributed by atoms with Crippen LogP contribution in [0.5, 0.6) is 0 Å². The van der Waals surface area contributed by atoms with Crippen LogP contribution in [0.2, 0.25) is 0 Å². The van der Waals surface area contributed by atoms with E-state index in [1.54, 1.807) is 0 Å². The van der Waals surface area contributed by atoms with Crippen LogP contribution < -0.4 is 16.0 Å². The van der Waals surface area contributed by atoms with Crippen molar-refractivity contribution < 1.29 is 4.79 Å². The van der Waals surface area contributed by atoms with E-state index in [-0.39, 0.29) is 11.9 Å². The van der Waals surface area contributed by atoms with Crippen LogP contribution in [0.25, 0.3) is 33.2 Å². The van der Waals surface area contributed by atoms with Gasteiger partial charge in [-0.15, -0.1) is 0 Å². The molecule has 1 saturated heterocycles. The summed E-state index contributed by atoms with van der Waals surface area (Å²) in [5.41, 5.74) is 6.01. The van der Waals surface area contributed by atoms with Crippen LogP contribution in [0.3, 0.4) is 0 Å². The van der Waals surface area contributed by atoms with Gasteiger partial charge in [0.25, 0.3) is 0 Å². The van der Waals surface area contributed by atoms with E-state index < -0.39 is 0 Å². The van der Waals surface area contributed by atoms with Gasteiger partial charge in [0, 0.05) is 27.8 Å². The molecule has 0 radical (unpaired) electrons. The Labute approximate surface area is 181 Å². The molecule has 0 aliphatic carbocycles. The first-order chi connectivity index (χ1) is 15.2. The second kappa shape index (κ2) is 8.53. The Balaban J connectivity index is 1.36. The lowest BCUT2D eigenvalue weighted by molar-refractivity contribution is -0.117. The second-order valence-electron chi connectivity index (χ2n) is 8.22. The van der Waals surface area contributed by atoms with Crippen molar-refractivity contribution in [1.29, 1.82) is 0 Å². The molecule has 4 aromatic rings. The van der Waals surface area contributed by atoms with Gasteiger partial charge in [-0.2, -0.15) is 0 Å². The minimum atomic E-state index is -0.0827. The number of aromatic nitrogens is 3. The number of aromatic amines is 2. The van der Waals surface area contributed by atoms with Crippen LogP contribution in [0.4, 0.5) is 5.69 Å². The van der Waals surface area contributed by atoms with E-state index in [2.05, 4.69) is 62.1 Å². The van der Waals surface area contributed by atoms with Crippen LogP contribution in [0.15, 0.2) is 42.5 Å². The molecule has 1 fully saturated rings. The molecular weight excluding hydrogens is 388 g/mol. The molecule has 2 aromatic heterocycles. The Morgan fingerprint density at radius 3 is 2.90 bits per heavy atom. The molecule has 7 heteroatoms. The predicted molar refractivity (Wildman–Crippen MR) is 125 cm³/mol. The number of nitrogens with zero attached hydrogens (tertiary/aromatic N) is 1. The van der Waals surface area contributed by atoms with Crippen LogP contribution in [0, 0.1) is 0 Å². The molecule has 1 atom stereocenters. The fourth-order valence-electron chi connectivity index (χ4n) is 4.20. The summed E-state index contributed by atoms with van der Waals surface area (Å²) >= 11 is 0. The Bertz CT molecular complexity index is 1220. The molecular formula is C24H28N6O. The number of amides is 1. The van der Waals surface area contributed by atoms with Crippen molar-refractivity contribution in [2.75, 3.05) is 18.4 Å². The first kappa shape index (κ1) is 19.8. The zero-order chi connectivity index (χ0) is 21.2. The Morgan fingerprint density at radius 2 is 2.06 bits per heavy atom. The highest BCUT2D eigenvalue weighted by molar-refractivity contribution is 5.98. The molecule has 1 aliphatic rings. The van der Waals surface area contributed by atoms with Crippen LogP contribution in [-0.2, 0) is 11.3 Å². The quantitative estimate of drug-likeness (QED) is 0.295.